The Morgan fingerprint density at radius 1 is 1.19 bits per heavy atom. The molecule has 2 aliphatic rings. The molecule has 0 spiro atoms. The Morgan fingerprint density at radius 2 is 1.81 bits per heavy atom. The molecule has 4 unspecified atom stereocenters. The van der Waals surface area contributed by atoms with Gasteiger partial charge in [0.15, 0.2) is 0 Å². The number of fused-ring (bicyclic) bond motifs is 2. The van der Waals surface area contributed by atoms with Crippen LogP contribution >= 0.6 is 0 Å². The van der Waals surface area contributed by atoms with Gasteiger partial charge in [-0.2, -0.15) is 0 Å². The summed E-state index contributed by atoms with van der Waals surface area (Å²) in [5, 5.41) is 3.48. The minimum atomic E-state index is 0.327. The van der Waals surface area contributed by atoms with Crippen molar-refractivity contribution in [3.63, 3.8) is 0 Å². The third kappa shape index (κ3) is 3.07. The fourth-order valence-corrected chi connectivity index (χ4v) is 3.69. The molecule has 0 aliphatic carbocycles. The second-order valence-electron chi connectivity index (χ2n) is 6.19. The number of benzene rings is 1. The highest BCUT2D eigenvalue weighted by atomic mass is 16.5. The molecule has 2 aliphatic heterocycles. The number of nitrogens with zero attached hydrogens (tertiary/aromatic N) is 1. The molecule has 116 valence electrons. The van der Waals surface area contributed by atoms with Crippen LogP contribution in [0.5, 0.6) is 5.75 Å². The maximum absolute atomic E-state index is 5.95. The van der Waals surface area contributed by atoms with Crippen LogP contribution in [0.15, 0.2) is 24.3 Å². The van der Waals surface area contributed by atoms with Gasteiger partial charge >= 0.3 is 0 Å². The van der Waals surface area contributed by atoms with Gasteiger partial charge in [-0.25, -0.2) is 0 Å². The molecular formula is C17H26N2O2. The van der Waals surface area contributed by atoms with Gasteiger partial charge in [0.05, 0.1) is 19.3 Å². The second-order valence-corrected chi connectivity index (χ2v) is 6.19. The van der Waals surface area contributed by atoms with Gasteiger partial charge in [-0.3, -0.25) is 4.90 Å². The number of ether oxygens (including phenoxy) is 2. The zero-order chi connectivity index (χ0) is 14.8. The SMILES string of the molecule is CNC(c1ccc(OC)cc1)C(C)N1CC2CCC(C1)O2. The molecule has 1 aromatic carbocycles. The van der Waals surface area contributed by atoms with Crippen molar-refractivity contribution in [1.82, 2.24) is 10.2 Å². The van der Waals surface area contributed by atoms with E-state index in [1.165, 1.54) is 18.4 Å². The zero-order valence-electron chi connectivity index (χ0n) is 13.2. The lowest BCUT2D eigenvalue weighted by Gasteiger charge is -2.40. The molecule has 2 saturated heterocycles. The van der Waals surface area contributed by atoms with Crippen molar-refractivity contribution < 1.29 is 9.47 Å². The Morgan fingerprint density at radius 3 is 2.33 bits per heavy atom. The molecule has 2 heterocycles. The molecule has 1 aromatic rings. The molecule has 0 saturated carbocycles. The first-order valence-corrected chi connectivity index (χ1v) is 7.92. The normalized spacial score (nSPS) is 28.3. The lowest BCUT2D eigenvalue weighted by Crippen LogP contribution is -2.50. The predicted octanol–water partition coefficient (Wildman–Crippen LogP) is 2.21. The predicted molar refractivity (Wildman–Crippen MR) is 83.7 cm³/mol. The Labute approximate surface area is 127 Å². The first-order chi connectivity index (χ1) is 10.2. The largest absolute Gasteiger partial charge is 0.497 e. The Bertz CT molecular complexity index is 450. The van der Waals surface area contributed by atoms with Gasteiger partial charge in [-0.15, -0.1) is 0 Å². The zero-order valence-corrected chi connectivity index (χ0v) is 13.2. The highest BCUT2D eigenvalue weighted by Crippen LogP contribution is 2.30. The van der Waals surface area contributed by atoms with Crippen LogP contribution in [0.3, 0.4) is 0 Å². The topological polar surface area (TPSA) is 33.7 Å². The molecule has 0 amide bonds. The van der Waals surface area contributed by atoms with Crippen molar-refractivity contribution in [2.45, 2.75) is 44.1 Å². The fraction of sp³-hybridized carbons (Fsp3) is 0.647. The standard InChI is InChI=1S/C17H26N2O2/c1-12(19-10-15-8-9-16(11-19)21-15)17(18-2)13-4-6-14(20-3)7-5-13/h4-7,12,15-18H,8-11H2,1-3H3. The summed E-state index contributed by atoms with van der Waals surface area (Å²) in [6, 6.07) is 9.17. The van der Waals surface area contributed by atoms with E-state index in [1.54, 1.807) is 7.11 Å². The summed E-state index contributed by atoms with van der Waals surface area (Å²) in [6.07, 6.45) is 3.33. The molecule has 4 atom stereocenters. The van der Waals surface area contributed by atoms with Crippen LogP contribution in [0.2, 0.25) is 0 Å². The van der Waals surface area contributed by atoms with Crippen LogP contribution in [0.4, 0.5) is 0 Å². The summed E-state index contributed by atoms with van der Waals surface area (Å²) in [5.41, 5.74) is 1.31. The van der Waals surface area contributed by atoms with E-state index < -0.39 is 0 Å². The summed E-state index contributed by atoms with van der Waals surface area (Å²) in [4.78, 5) is 2.58. The smallest absolute Gasteiger partial charge is 0.118 e. The number of likely N-dealkylation sites (tertiary alicyclic amines) is 1. The molecule has 4 heteroatoms. The van der Waals surface area contributed by atoms with Crippen LogP contribution in [0.1, 0.15) is 31.4 Å². The van der Waals surface area contributed by atoms with E-state index in [2.05, 4.69) is 29.3 Å². The van der Waals surface area contributed by atoms with E-state index in [0.717, 1.165) is 18.8 Å². The number of morpholine rings is 1. The first-order valence-electron chi connectivity index (χ1n) is 7.92. The first kappa shape index (κ1) is 14.8. The van der Waals surface area contributed by atoms with Crippen molar-refractivity contribution in [2.75, 3.05) is 27.2 Å². The van der Waals surface area contributed by atoms with E-state index in [4.69, 9.17) is 9.47 Å². The second kappa shape index (κ2) is 6.34. The van der Waals surface area contributed by atoms with E-state index in [-0.39, 0.29) is 0 Å². The third-order valence-electron chi connectivity index (χ3n) is 4.92. The minimum Gasteiger partial charge on any atom is -0.497 e. The van der Waals surface area contributed by atoms with Crippen molar-refractivity contribution >= 4 is 0 Å². The van der Waals surface area contributed by atoms with Crippen LogP contribution in [0, 0.1) is 0 Å². The molecule has 1 N–H and O–H groups in total. The lowest BCUT2D eigenvalue weighted by atomic mass is 9.98. The lowest BCUT2D eigenvalue weighted by molar-refractivity contribution is -0.0548. The Balaban J connectivity index is 1.72. The highest BCUT2D eigenvalue weighted by molar-refractivity contribution is 5.29. The molecule has 0 radical (unpaired) electrons. The number of methoxy groups -OCH3 is 1. The summed E-state index contributed by atoms with van der Waals surface area (Å²) >= 11 is 0. The van der Waals surface area contributed by atoms with Crippen LogP contribution in [0.25, 0.3) is 0 Å². The van der Waals surface area contributed by atoms with Gasteiger partial charge in [0.1, 0.15) is 5.75 Å². The van der Waals surface area contributed by atoms with Crippen molar-refractivity contribution in [3.05, 3.63) is 29.8 Å². The van der Waals surface area contributed by atoms with Gasteiger partial charge in [0.25, 0.3) is 0 Å². The summed E-state index contributed by atoms with van der Waals surface area (Å²) < 4.78 is 11.2. The molecular weight excluding hydrogens is 264 g/mol. The van der Waals surface area contributed by atoms with Gasteiger partial charge in [0, 0.05) is 25.2 Å². The van der Waals surface area contributed by atoms with Gasteiger partial charge in [-0.05, 0) is 44.5 Å². The molecule has 3 rings (SSSR count). The number of rotatable bonds is 5. The molecule has 2 fully saturated rings. The van der Waals surface area contributed by atoms with Crippen molar-refractivity contribution in [3.8, 4) is 5.75 Å². The summed E-state index contributed by atoms with van der Waals surface area (Å²) in [6.45, 7) is 4.44. The van der Waals surface area contributed by atoms with E-state index in [1.807, 2.05) is 19.2 Å². The molecule has 21 heavy (non-hydrogen) atoms. The average Bonchev–Trinajstić information content (AvgIpc) is 2.86. The number of hydrogen-bond acceptors (Lipinski definition) is 4. The number of hydrogen-bond donors (Lipinski definition) is 1. The van der Waals surface area contributed by atoms with Crippen LogP contribution in [-0.2, 0) is 4.74 Å². The fourth-order valence-electron chi connectivity index (χ4n) is 3.69. The molecule has 2 bridgehead atoms. The number of nitrogens with one attached hydrogen (secondary N) is 1. The number of likely N-dealkylation sites (N-methyl/N-ethyl adjacent to an activating group) is 1. The van der Waals surface area contributed by atoms with E-state index in [9.17, 15) is 0 Å². The third-order valence-corrected chi connectivity index (χ3v) is 4.92. The van der Waals surface area contributed by atoms with Crippen molar-refractivity contribution in [1.29, 1.82) is 0 Å². The molecule has 0 aromatic heterocycles. The maximum atomic E-state index is 5.95. The highest BCUT2D eigenvalue weighted by Gasteiger charge is 2.37. The monoisotopic (exact) mass is 290 g/mol. The quantitative estimate of drug-likeness (QED) is 0.901. The van der Waals surface area contributed by atoms with Crippen molar-refractivity contribution in [2.24, 2.45) is 0 Å². The van der Waals surface area contributed by atoms with Crippen LogP contribution < -0.4 is 10.1 Å². The minimum absolute atomic E-state index is 0.327. The van der Waals surface area contributed by atoms with Gasteiger partial charge in [0.2, 0.25) is 0 Å². The van der Waals surface area contributed by atoms with Gasteiger partial charge in [-0.1, -0.05) is 12.1 Å². The van der Waals surface area contributed by atoms with Gasteiger partial charge < -0.3 is 14.8 Å². The maximum Gasteiger partial charge on any atom is 0.118 e. The average molecular weight is 290 g/mol. The Hall–Kier alpha value is -1.10. The van der Waals surface area contributed by atoms with E-state index >= 15 is 0 Å². The molecule has 4 nitrogen and oxygen atoms in total. The summed E-state index contributed by atoms with van der Waals surface area (Å²) in [5.74, 6) is 0.908. The van der Waals surface area contributed by atoms with Crippen LogP contribution in [-0.4, -0.2) is 50.4 Å². The van der Waals surface area contributed by atoms with E-state index in [0.29, 0.717) is 24.3 Å². The Kier molecular flexibility index (Phi) is 4.48. The summed E-state index contributed by atoms with van der Waals surface area (Å²) in [7, 11) is 3.75.